The van der Waals surface area contributed by atoms with E-state index in [1.54, 1.807) is 0 Å². The second kappa shape index (κ2) is 2.43. The highest BCUT2D eigenvalue weighted by Crippen LogP contribution is 2.34. The first-order chi connectivity index (χ1) is 5.42. The van der Waals surface area contributed by atoms with Crippen LogP contribution in [0.25, 0.3) is 0 Å². The molecule has 0 aliphatic carbocycles. The fraction of sp³-hybridized carbons (Fsp3) is 0.250. The molecule has 1 aliphatic rings. The second-order valence-corrected chi connectivity index (χ2v) is 2.33. The highest BCUT2D eigenvalue weighted by atomic mass is 16.7. The maximum Gasteiger partial charge on any atom is 0.231 e. The van der Waals surface area contributed by atoms with E-state index >= 15 is 0 Å². The van der Waals surface area contributed by atoms with Crippen molar-refractivity contribution in [1.82, 2.24) is 5.73 Å². The summed E-state index contributed by atoms with van der Waals surface area (Å²) in [7, 11) is 0. The molecular formula is C8H8NO2. The Labute approximate surface area is 64.7 Å². The van der Waals surface area contributed by atoms with E-state index in [-0.39, 0.29) is 13.3 Å². The second-order valence-electron chi connectivity index (χ2n) is 2.33. The molecule has 11 heavy (non-hydrogen) atoms. The summed E-state index contributed by atoms with van der Waals surface area (Å²) in [5.41, 5.74) is 8.07. The van der Waals surface area contributed by atoms with Crippen LogP contribution in [0.2, 0.25) is 0 Å². The summed E-state index contributed by atoms with van der Waals surface area (Å²) in [6, 6.07) is 5.60. The fourth-order valence-corrected chi connectivity index (χ4v) is 1.13. The Kier molecular flexibility index (Phi) is 1.43. The number of ether oxygens (including phenoxy) is 2. The van der Waals surface area contributed by atoms with Gasteiger partial charge in [0.1, 0.15) is 0 Å². The maximum atomic E-state index is 7.18. The summed E-state index contributed by atoms with van der Waals surface area (Å²) in [4.78, 5) is 0. The van der Waals surface area contributed by atoms with Gasteiger partial charge in [0.05, 0.1) is 0 Å². The summed E-state index contributed by atoms with van der Waals surface area (Å²) in [6.07, 6.45) is 0. The number of benzene rings is 1. The molecule has 0 atom stereocenters. The predicted octanol–water partition coefficient (Wildman–Crippen LogP) is 1.20. The smallest absolute Gasteiger partial charge is 0.231 e. The molecule has 0 bridgehead atoms. The van der Waals surface area contributed by atoms with Crippen molar-refractivity contribution in [1.29, 1.82) is 0 Å². The largest absolute Gasteiger partial charge is 0.454 e. The van der Waals surface area contributed by atoms with E-state index in [1.165, 1.54) is 0 Å². The van der Waals surface area contributed by atoms with E-state index < -0.39 is 0 Å². The van der Waals surface area contributed by atoms with Crippen LogP contribution in [0.1, 0.15) is 5.56 Å². The van der Waals surface area contributed by atoms with Crippen LogP contribution in [0.3, 0.4) is 0 Å². The molecule has 0 fully saturated rings. The summed E-state index contributed by atoms with van der Waals surface area (Å²) >= 11 is 0. The Balaban J connectivity index is 2.50. The maximum absolute atomic E-state index is 7.18. The average Bonchev–Trinajstić information content (AvgIpc) is 2.50. The Bertz CT molecular complexity index is 273. The molecule has 0 amide bonds. The topological polar surface area (TPSA) is 42.3 Å². The fourth-order valence-electron chi connectivity index (χ4n) is 1.13. The molecule has 3 heteroatoms. The lowest BCUT2D eigenvalue weighted by Crippen LogP contribution is -1.94. The molecule has 0 unspecified atom stereocenters. The zero-order valence-corrected chi connectivity index (χ0v) is 5.96. The molecule has 0 saturated carbocycles. The van der Waals surface area contributed by atoms with Crippen molar-refractivity contribution in [2.24, 2.45) is 0 Å². The molecule has 0 spiro atoms. The highest BCUT2D eigenvalue weighted by Gasteiger charge is 2.15. The Morgan fingerprint density at radius 3 is 3.09 bits per heavy atom. The minimum absolute atomic E-state index is 0.243. The van der Waals surface area contributed by atoms with E-state index in [4.69, 9.17) is 15.2 Å². The minimum Gasteiger partial charge on any atom is -0.454 e. The number of hydrogen-bond donors (Lipinski definition) is 0. The van der Waals surface area contributed by atoms with Crippen LogP contribution in [0.5, 0.6) is 11.5 Å². The van der Waals surface area contributed by atoms with Gasteiger partial charge in [-0.05, 0) is 6.07 Å². The molecule has 1 aromatic rings. The van der Waals surface area contributed by atoms with E-state index in [0.717, 1.165) is 17.1 Å². The lowest BCUT2D eigenvalue weighted by atomic mass is 10.2. The van der Waals surface area contributed by atoms with Crippen molar-refractivity contribution in [3.05, 3.63) is 23.8 Å². The first kappa shape index (κ1) is 6.49. The standard InChI is InChI=1S/C8H8NO2/c9-4-6-2-1-3-7-8(6)11-5-10-7/h1-3,9H,4-5H2. The number of hydrogen-bond acceptors (Lipinski definition) is 2. The zero-order chi connectivity index (χ0) is 7.68. The first-order valence-corrected chi connectivity index (χ1v) is 3.44. The molecular weight excluding hydrogens is 142 g/mol. The van der Waals surface area contributed by atoms with Gasteiger partial charge in [-0.3, -0.25) is 5.73 Å². The van der Waals surface area contributed by atoms with Gasteiger partial charge in [-0.25, -0.2) is 0 Å². The molecule has 1 N–H and O–H groups in total. The van der Waals surface area contributed by atoms with Gasteiger partial charge < -0.3 is 9.47 Å². The molecule has 1 heterocycles. The summed E-state index contributed by atoms with van der Waals surface area (Å²) < 4.78 is 10.3. The van der Waals surface area contributed by atoms with Crippen molar-refractivity contribution in [2.45, 2.75) is 6.54 Å². The Morgan fingerprint density at radius 1 is 1.36 bits per heavy atom. The van der Waals surface area contributed by atoms with Crippen LogP contribution in [0, 0.1) is 0 Å². The van der Waals surface area contributed by atoms with Crippen molar-refractivity contribution in [3.63, 3.8) is 0 Å². The normalized spacial score (nSPS) is 13.5. The van der Waals surface area contributed by atoms with Crippen LogP contribution in [0.15, 0.2) is 18.2 Å². The van der Waals surface area contributed by atoms with Gasteiger partial charge in [-0.15, -0.1) is 0 Å². The summed E-state index contributed by atoms with van der Waals surface area (Å²) in [6.45, 7) is 0.527. The molecule has 0 aromatic heterocycles. The van der Waals surface area contributed by atoms with Crippen LogP contribution >= 0.6 is 0 Å². The van der Waals surface area contributed by atoms with Crippen molar-refractivity contribution >= 4 is 0 Å². The number of rotatable bonds is 1. The van der Waals surface area contributed by atoms with E-state index in [2.05, 4.69) is 0 Å². The number of fused-ring (bicyclic) bond motifs is 1. The SMILES string of the molecule is [NH]Cc1cccc2c1OCO2. The third-order valence-corrected chi connectivity index (χ3v) is 1.67. The zero-order valence-electron chi connectivity index (χ0n) is 5.96. The van der Waals surface area contributed by atoms with Gasteiger partial charge >= 0.3 is 0 Å². The van der Waals surface area contributed by atoms with E-state index in [0.29, 0.717) is 0 Å². The predicted molar refractivity (Wildman–Crippen MR) is 39.4 cm³/mol. The van der Waals surface area contributed by atoms with E-state index in [1.807, 2.05) is 18.2 Å². The molecule has 2 rings (SSSR count). The monoisotopic (exact) mass is 150 g/mol. The van der Waals surface area contributed by atoms with Crippen molar-refractivity contribution in [3.8, 4) is 11.5 Å². The Morgan fingerprint density at radius 2 is 2.27 bits per heavy atom. The lowest BCUT2D eigenvalue weighted by Gasteiger charge is -2.00. The van der Waals surface area contributed by atoms with Crippen molar-refractivity contribution in [2.75, 3.05) is 6.79 Å². The van der Waals surface area contributed by atoms with Crippen LogP contribution in [-0.2, 0) is 6.54 Å². The van der Waals surface area contributed by atoms with E-state index in [9.17, 15) is 0 Å². The number of para-hydroxylation sites is 1. The van der Waals surface area contributed by atoms with Crippen LogP contribution < -0.4 is 15.2 Å². The number of nitrogens with one attached hydrogen (secondary N) is 1. The molecule has 57 valence electrons. The lowest BCUT2D eigenvalue weighted by molar-refractivity contribution is 0.173. The van der Waals surface area contributed by atoms with Gasteiger partial charge in [0.25, 0.3) is 0 Å². The average molecular weight is 150 g/mol. The van der Waals surface area contributed by atoms with Crippen molar-refractivity contribution < 1.29 is 9.47 Å². The van der Waals surface area contributed by atoms with Crippen LogP contribution in [-0.4, -0.2) is 6.79 Å². The van der Waals surface area contributed by atoms with Gasteiger partial charge in [0, 0.05) is 12.1 Å². The quantitative estimate of drug-likeness (QED) is 0.603. The van der Waals surface area contributed by atoms with Gasteiger partial charge in [-0.1, -0.05) is 12.1 Å². The third-order valence-electron chi connectivity index (χ3n) is 1.67. The third kappa shape index (κ3) is 0.935. The van der Waals surface area contributed by atoms with Gasteiger partial charge in [-0.2, -0.15) is 0 Å². The summed E-state index contributed by atoms with van der Waals surface area (Å²) in [5.74, 6) is 1.50. The molecule has 3 nitrogen and oxygen atoms in total. The molecule has 1 aromatic carbocycles. The van der Waals surface area contributed by atoms with Gasteiger partial charge in [0.2, 0.25) is 6.79 Å². The Hall–Kier alpha value is -1.22. The molecule has 0 saturated heterocycles. The molecule has 1 aliphatic heterocycles. The minimum atomic E-state index is 0.243. The summed E-state index contributed by atoms with van der Waals surface area (Å²) in [5, 5.41) is 0. The highest BCUT2D eigenvalue weighted by molar-refractivity contribution is 5.47. The van der Waals surface area contributed by atoms with Gasteiger partial charge in [0.15, 0.2) is 11.5 Å². The van der Waals surface area contributed by atoms with Crippen LogP contribution in [0.4, 0.5) is 0 Å². The molecule has 1 radical (unpaired) electrons. The first-order valence-electron chi connectivity index (χ1n) is 3.44.